The minimum Gasteiger partial charge on any atom is -0.496 e. The van der Waals surface area contributed by atoms with Crippen LogP contribution in [0.4, 0.5) is 0 Å². The van der Waals surface area contributed by atoms with Crippen molar-refractivity contribution in [1.29, 1.82) is 5.41 Å². The van der Waals surface area contributed by atoms with Crippen LogP contribution in [0.15, 0.2) is 18.2 Å². The monoisotopic (exact) mass is 279 g/mol. The van der Waals surface area contributed by atoms with Crippen LogP contribution in [-0.2, 0) is 6.54 Å². The van der Waals surface area contributed by atoms with Crippen molar-refractivity contribution in [2.24, 2.45) is 5.73 Å². The molecule has 0 radical (unpaired) electrons. The van der Waals surface area contributed by atoms with Crippen molar-refractivity contribution >= 4 is 5.84 Å². The van der Waals surface area contributed by atoms with E-state index >= 15 is 0 Å². The number of methoxy groups -OCH3 is 1. The van der Waals surface area contributed by atoms with Gasteiger partial charge < -0.3 is 15.6 Å². The Kier molecular flexibility index (Phi) is 5.53. The van der Waals surface area contributed by atoms with E-state index < -0.39 is 5.60 Å². The Morgan fingerprint density at radius 3 is 2.55 bits per heavy atom. The first-order valence-corrected chi connectivity index (χ1v) is 6.73. The molecule has 5 nitrogen and oxygen atoms in total. The van der Waals surface area contributed by atoms with Crippen molar-refractivity contribution in [2.45, 2.75) is 32.9 Å². The maximum atomic E-state index is 9.94. The first-order chi connectivity index (χ1) is 9.26. The fraction of sp³-hybridized carbons (Fsp3) is 0.533. The average molecular weight is 279 g/mol. The van der Waals surface area contributed by atoms with E-state index in [-0.39, 0.29) is 5.84 Å². The van der Waals surface area contributed by atoms with Crippen molar-refractivity contribution in [2.75, 3.05) is 20.2 Å². The Bertz CT molecular complexity index is 467. The van der Waals surface area contributed by atoms with Crippen LogP contribution in [0.2, 0.25) is 0 Å². The third-order valence-corrected chi connectivity index (χ3v) is 3.04. The standard InChI is InChI=1S/C15H25N3O2/c1-5-18(10-15(2,3)19)9-12-8-11(14(16)17)6-7-13(12)20-4/h6-8,19H,5,9-10H2,1-4H3,(H3,16,17). The molecule has 0 atom stereocenters. The number of likely N-dealkylation sites (N-methyl/N-ethyl adjacent to an activating group) is 1. The van der Waals surface area contributed by atoms with E-state index in [1.54, 1.807) is 27.0 Å². The first-order valence-electron chi connectivity index (χ1n) is 6.73. The molecule has 112 valence electrons. The predicted octanol–water partition coefficient (Wildman–Crippen LogP) is 1.57. The quantitative estimate of drug-likeness (QED) is 0.522. The molecule has 4 N–H and O–H groups in total. The molecule has 0 aliphatic carbocycles. The lowest BCUT2D eigenvalue weighted by atomic mass is 10.1. The second kappa shape index (κ2) is 6.72. The minimum atomic E-state index is -0.749. The molecule has 20 heavy (non-hydrogen) atoms. The number of nitrogens with one attached hydrogen (secondary N) is 1. The Hall–Kier alpha value is -1.59. The van der Waals surface area contributed by atoms with Crippen molar-refractivity contribution in [3.05, 3.63) is 29.3 Å². The second-order valence-electron chi connectivity index (χ2n) is 5.56. The van der Waals surface area contributed by atoms with Gasteiger partial charge in [0.2, 0.25) is 0 Å². The molecular weight excluding hydrogens is 254 g/mol. The third-order valence-electron chi connectivity index (χ3n) is 3.04. The van der Waals surface area contributed by atoms with E-state index in [1.807, 2.05) is 19.1 Å². The maximum Gasteiger partial charge on any atom is 0.123 e. The number of nitrogen functional groups attached to an aromatic ring is 1. The molecule has 1 aromatic rings. The predicted molar refractivity (Wildman–Crippen MR) is 81.3 cm³/mol. The van der Waals surface area contributed by atoms with Crippen LogP contribution >= 0.6 is 0 Å². The largest absolute Gasteiger partial charge is 0.496 e. The van der Waals surface area contributed by atoms with Crippen LogP contribution in [0.1, 0.15) is 31.9 Å². The Morgan fingerprint density at radius 1 is 1.45 bits per heavy atom. The van der Waals surface area contributed by atoms with E-state index in [2.05, 4.69) is 4.90 Å². The van der Waals surface area contributed by atoms with Gasteiger partial charge in [0.15, 0.2) is 0 Å². The number of amidine groups is 1. The lowest BCUT2D eigenvalue weighted by molar-refractivity contribution is 0.0351. The van der Waals surface area contributed by atoms with Crippen molar-refractivity contribution < 1.29 is 9.84 Å². The summed E-state index contributed by atoms with van der Waals surface area (Å²) in [5.74, 6) is 0.809. The molecule has 0 aromatic heterocycles. The number of hydrogen-bond acceptors (Lipinski definition) is 4. The highest BCUT2D eigenvalue weighted by Crippen LogP contribution is 2.22. The molecule has 0 aliphatic heterocycles. The molecule has 0 fully saturated rings. The summed E-state index contributed by atoms with van der Waals surface area (Å²) < 4.78 is 5.36. The number of benzene rings is 1. The number of aliphatic hydroxyl groups is 1. The van der Waals surface area contributed by atoms with E-state index in [0.717, 1.165) is 17.9 Å². The molecule has 0 amide bonds. The van der Waals surface area contributed by atoms with Crippen molar-refractivity contribution in [3.63, 3.8) is 0 Å². The smallest absolute Gasteiger partial charge is 0.123 e. The van der Waals surface area contributed by atoms with Gasteiger partial charge in [-0.2, -0.15) is 0 Å². The van der Waals surface area contributed by atoms with Gasteiger partial charge in [-0.3, -0.25) is 10.3 Å². The summed E-state index contributed by atoms with van der Waals surface area (Å²) in [6.45, 7) is 7.66. The molecule has 0 saturated carbocycles. The average Bonchev–Trinajstić information content (AvgIpc) is 2.36. The van der Waals surface area contributed by atoms with Crippen LogP contribution in [0.5, 0.6) is 5.75 Å². The molecule has 0 unspecified atom stereocenters. The Balaban J connectivity index is 2.98. The first kappa shape index (κ1) is 16.5. The van der Waals surface area contributed by atoms with Crippen LogP contribution in [0.25, 0.3) is 0 Å². The fourth-order valence-corrected chi connectivity index (χ4v) is 2.14. The van der Waals surface area contributed by atoms with Gasteiger partial charge in [0.25, 0.3) is 0 Å². The molecule has 0 saturated heterocycles. The fourth-order valence-electron chi connectivity index (χ4n) is 2.14. The van der Waals surface area contributed by atoms with Crippen LogP contribution in [-0.4, -0.2) is 41.6 Å². The Labute approximate surface area is 120 Å². The summed E-state index contributed by atoms with van der Waals surface area (Å²) in [4.78, 5) is 2.13. The van der Waals surface area contributed by atoms with Gasteiger partial charge in [0, 0.05) is 24.2 Å². The Morgan fingerprint density at radius 2 is 2.10 bits per heavy atom. The summed E-state index contributed by atoms with van der Waals surface area (Å²) in [5, 5.41) is 17.5. The number of nitrogens with two attached hydrogens (primary N) is 1. The second-order valence-corrected chi connectivity index (χ2v) is 5.56. The summed E-state index contributed by atoms with van der Waals surface area (Å²) in [6.07, 6.45) is 0. The summed E-state index contributed by atoms with van der Waals surface area (Å²) >= 11 is 0. The number of rotatable bonds is 7. The highest BCUT2D eigenvalue weighted by Gasteiger charge is 2.18. The van der Waals surface area contributed by atoms with Gasteiger partial charge in [-0.05, 0) is 38.6 Å². The molecule has 0 heterocycles. The van der Waals surface area contributed by atoms with Crippen molar-refractivity contribution in [3.8, 4) is 5.75 Å². The minimum absolute atomic E-state index is 0.0411. The van der Waals surface area contributed by atoms with E-state index in [0.29, 0.717) is 18.7 Å². The lowest BCUT2D eigenvalue weighted by Crippen LogP contribution is -2.38. The zero-order valence-corrected chi connectivity index (χ0v) is 12.7. The van der Waals surface area contributed by atoms with E-state index in [9.17, 15) is 5.11 Å². The SMILES string of the molecule is CCN(Cc1cc(C(=N)N)ccc1OC)CC(C)(C)O. The highest BCUT2D eigenvalue weighted by molar-refractivity contribution is 5.95. The number of nitrogens with zero attached hydrogens (tertiary/aromatic N) is 1. The van der Waals surface area contributed by atoms with Crippen LogP contribution < -0.4 is 10.5 Å². The molecule has 5 heteroatoms. The molecule has 0 bridgehead atoms. The third kappa shape index (κ3) is 4.83. The van der Waals surface area contributed by atoms with Gasteiger partial charge >= 0.3 is 0 Å². The highest BCUT2D eigenvalue weighted by atomic mass is 16.5. The zero-order valence-electron chi connectivity index (χ0n) is 12.7. The lowest BCUT2D eigenvalue weighted by Gasteiger charge is -2.28. The van der Waals surface area contributed by atoms with Crippen molar-refractivity contribution in [1.82, 2.24) is 4.90 Å². The molecule has 1 aromatic carbocycles. The van der Waals surface area contributed by atoms with Gasteiger partial charge in [-0.15, -0.1) is 0 Å². The molecule has 0 spiro atoms. The molecular formula is C15H25N3O2. The normalized spacial score (nSPS) is 11.7. The number of ether oxygens (including phenoxy) is 1. The number of hydrogen-bond donors (Lipinski definition) is 3. The maximum absolute atomic E-state index is 9.94. The summed E-state index contributed by atoms with van der Waals surface area (Å²) in [7, 11) is 1.62. The van der Waals surface area contributed by atoms with Gasteiger partial charge in [0.1, 0.15) is 11.6 Å². The van der Waals surface area contributed by atoms with Crippen LogP contribution in [0, 0.1) is 5.41 Å². The molecule has 0 aliphatic rings. The molecule has 1 rings (SSSR count). The summed E-state index contributed by atoms with van der Waals surface area (Å²) in [6, 6.07) is 5.47. The van der Waals surface area contributed by atoms with Gasteiger partial charge in [-0.1, -0.05) is 6.92 Å². The summed E-state index contributed by atoms with van der Waals surface area (Å²) in [5.41, 5.74) is 6.42. The van der Waals surface area contributed by atoms with E-state index in [1.165, 1.54) is 0 Å². The zero-order chi connectivity index (χ0) is 15.3. The van der Waals surface area contributed by atoms with Crippen LogP contribution in [0.3, 0.4) is 0 Å². The van der Waals surface area contributed by atoms with E-state index in [4.69, 9.17) is 15.9 Å². The van der Waals surface area contributed by atoms with Gasteiger partial charge in [0.05, 0.1) is 12.7 Å². The topological polar surface area (TPSA) is 82.6 Å². The van der Waals surface area contributed by atoms with Gasteiger partial charge in [-0.25, -0.2) is 0 Å².